The van der Waals surface area contributed by atoms with Crippen LogP contribution in [0.2, 0.25) is 0 Å². The van der Waals surface area contributed by atoms with Gasteiger partial charge >= 0.3 is 0 Å². The number of aromatic nitrogens is 4. The second-order valence-electron chi connectivity index (χ2n) is 2.21. The third-order valence-electron chi connectivity index (χ3n) is 1.29. The van der Waals surface area contributed by atoms with Gasteiger partial charge in [-0.25, -0.2) is 15.0 Å². The van der Waals surface area contributed by atoms with E-state index in [9.17, 15) is 0 Å². The van der Waals surface area contributed by atoms with Gasteiger partial charge < -0.3 is 0 Å². The molecule has 2 aromatic heterocycles. The van der Waals surface area contributed by atoms with Crippen molar-refractivity contribution in [3.63, 3.8) is 0 Å². The van der Waals surface area contributed by atoms with Gasteiger partial charge in [-0.1, -0.05) is 0 Å². The zero-order valence-corrected chi connectivity index (χ0v) is 7.91. The molecule has 0 spiro atoms. The van der Waals surface area contributed by atoms with Crippen LogP contribution in [0.15, 0.2) is 29.3 Å². The average Bonchev–Trinajstić information content (AvgIpc) is 2.56. The summed E-state index contributed by atoms with van der Waals surface area (Å²) in [5, 5.41) is 0. The Balaban J connectivity index is 2.59. The van der Waals surface area contributed by atoms with Crippen LogP contribution in [-0.4, -0.2) is 19.5 Å². The molecule has 0 bridgehead atoms. The summed E-state index contributed by atoms with van der Waals surface area (Å²) in [5.41, 5.74) is -0.431. The molecule has 0 saturated heterocycles. The van der Waals surface area contributed by atoms with Crippen molar-refractivity contribution in [1.82, 2.24) is 19.5 Å². The molecule has 2 aromatic rings. The molecule has 0 aromatic carbocycles. The minimum atomic E-state index is -2.53. The minimum Gasteiger partial charge on any atom is -0.274 e. The first-order valence-electron chi connectivity index (χ1n) is 5.85. The van der Waals surface area contributed by atoms with Crippen LogP contribution in [0, 0.1) is 6.85 Å². The topological polar surface area (TPSA) is 43.6 Å². The molecule has 66 valence electrons. The highest BCUT2D eigenvalue weighted by Gasteiger charge is 1.99. The highest BCUT2D eigenvalue weighted by molar-refractivity contribution is 9.10. The van der Waals surface area contributed by atoms with Gasteiger partial charge in [0, 0.05) is 22.7 Å². The Morgan fingerprint density at radius 1 is 1.46 bits per heavy atom. The summed E-state index contributed by atoms with van der Waals surface area (Å²) >= 11 is 3.16. The van der Waals surface area contributed by atoms with Crippen molar-refractivity contribution in [3.8, 4) is 5.95 Å². The van der Waals surface area contributed by atoms with Crippen LogP contribution >= 0.6 is 15.9 Å². The third-order valence-corrected chi connectivity index (χ3v) is 1.70. The van der Waals surface area contributed by atoms with Gasteiger partial charge in [-0.3, -0.25) is 4.57 Å². The summed E-state index contributed by atoms with van der Waals surface area (Å²) in [5.74, 6) is 0.0381. The van der Waals surface area contributed by atoms with Crippen LogP contribution in [-0.2, 0) is 0 Å². The molecule has 0 aliphatic carbocycles. The molecular formula is C8H7BrN4. The van der Waals surface area contributed by atoms with Gasteiger partial charge in [-0.05, 0) is 22.8 Å². The Bertz CT molecular complexity index is 576. The first kappa shape index (κ1) is 4.32. The molecule has 2 rings (SSSR count). The van der Waals surface area contributed by atoms with Crippen LogP contribution in [0.4, 0.5) is 0 Å². The van der Waals surface area contributed by atoms with Crippen LogP contribution < -0.4 is 0 Å². The first-order valence-corrected chi connectivity index (χ1v) is 4.14. The van der Waals surface area contributed by atoms with Crippen molar-refractivity contribution in [2.75, 3.05) is 0 Å². The van der Waals surface area contributed by atoms with Gasteiger partial charge in [0.25, 0.3) is 0 Å². The largest absolute Gasteiger partial charge is 0.274 e. The maximum atomic E-state index is 7.74. The summed E-state index contributed by atoms with van der Waals surface area (Å²) in [4.78, 5) is 11.4. The van der Waals surface area contributed by atoms with E-state index in [1.165, 1.54) is 12.4 Å². The predicted octanol–water partition coefficient (Wildman–Crippen LogP) is 1.73. The summed E-state index contributed by atoms with van der Waals surface area (Å²) in [6.45, 7) is -2.53. The Morgan fingerprint density at radius 2 is 2.23 bits per heavy atom. The van der Waals surface area contributed by atoms with E-state index >= 15 is 0 Å². The van der Waals surface area contributed by atoms with Gasteiger partial charge in [-0.15, -0.1) is 0 Å². The van der Waals surface area contributed by atoms with E-state index in [1.807, 2.05) is 0 Å². The van der Waals surface area contributed by atoms with E-state index in [2.05, 4.69) is 30.9 Å². The lowest BCUT2D eigenvalue weighted by Crippen LogP contribution is -1.96. The third kappa shape index (κ3) is 1.75. The van der Waals surface area contributed by atoms with Crippen molar-refractivity contribution >= 4 is 15.9 Å². The highest BCUT2D eigenvalue weighted by atomic mass is 79.9. The van der Waals surface area contributed by atoms with Crippen LogP contribution in [0.5, 0.6) is 0 Å². The zero-order chi connectivity index (χ0) is 13.5. The van der Waals surface area contributed by atoms with Gasteiger partial charge in [0.15, 0.2) is 0 Å². The molecule has 0 atom stereocenters. The Hall–Kier alpha value is -1.23. The lowest BCUT2D eigenvalue weighted by Gasteiger charge is -1.97. The molecule has 0 fully saturated rings. The smallest absolute Gasteiger partial charge is 0.234 e. The predicted molar refractivity (Wildman–Crippen MR) is 51.6 cm³/mol. The van der Waals surface area contributed by atoms with Crippen LogP contribution in [0.25, 0.3) is 5.95 Å². The summed E-state index contributed by atoms with van der Waals surface area (Å²) in [6, 6.07) is 0. The van der Waals surface area contributed by atoms with Crippen molar-refractivity contribution < 1.29 is 6.85 Å². The number of halogens is 1. The summed E-state index contributed by atoms with van der Waals surface area (Å²) in [6.07, 6.45) is 2.10. The molecule has 0 aliphatic heterocycles. The van der Waals surface area contributed by atoms with E-state index in [-0.39, 0.29) is 12.3 Å². The maximum Gasteiger partial charge on any atom is 0.234 e. The fourth-order valence-electron chi connectivity index (χ4n) is 0.772. The van der Waals surface area contributed by atoms with Gasteiger partial charge in [0.05, 0.1) is 11.5 Å². The standard InChI is InChI=1S/C8H7BrN4/c1-6-4-13(5-12-6)8-10-2-7(9)3-11-8/h2-5H,1H3/i1D3,4D,5D. The van der Waals surface area contributed by atoms with Gasteiger partial charge in [-0.2, -0.15) is 0 Å². The molecule has 0 unspecified atom stereocenters. The van der Waals surface area contributed by atoms with Crippen molar-refractivity contribution in [2.24, 2.45) is 0 Å². The fourth-order valence-corrected chi connectivity index (χ4v) is 0.976. The lowest BCUT2D eigenvalue weighted by atomic mass is 10.6. The SMILES string of the molecule is [2H]c1nc(C([2H])([2H])[2H])c([2H])n1-c1ncc(Br)cn1. The van der Waals surface area contributed by atoms with E-state index in [0.717, 1.165) is 4.57 Å². The number of hydrogen-bond donors (Lipinski definition) is 0. The second kappa shape index (κ2) is 3.26. The van der Waals surface area contributed by atoms with E-state index < -0.39 is 18.7 Å². The van der Waals surface area contributed by atoms with Crippen molar-refractivity contribution in [3.05, 3.63) is 35.0 Å². The number of imidazole rings is 1. The van der Waals surface area contributed by atoms with Crippen LogP contribution in [0.3, 0.4) is 0 Å². The Morgan fingerprint density at radius 3 is 2.85 bits per heavy atom. The van der Waals surface area contributed by atoms with Gasteiger partial charge in [0.1, 0.15) is 7.67 Å². The molecule has 5 heteroatoms. The van der Waals surface area contributed by atoms with Gasteiger partial charge in [0.2, 0.25) is 5.95 Å². The number of hydrogen-bond acceptors (Lipinski definition) is 3. The lowest BCUT2D eigenvalue weighted by molar-refractivity contribution is 0.921. The molecular weight excluding hydrogens is 232 g/mol. The molecule has 0 N–H and O–H groups in total. The average molecular weight is 244 g/mol. The Labute approximate surface area is 90.8 Å². The van der Waals surface area contributed by atoms with Crippen LogP contribution in [0.1, 0.15) is 12.5 Å². The quantitative estimate of drug-likeness (QED) is 0.767. The molecule has 0 radical (unpaired) electrons. The highest BCUT2D eigenvalue weighted by Crippen LogP contribution is 2.07. The molecule has 0 amide bonds. The molecule has 4 nitrogen and oxygen atoms in total. The molecule has 13 heavy (non-hydrogen) atoms. The zero-order valence-electron chi connectivity index (χ0n) is 11.3. The fraction of sp³-hybridized carbons (Fsp3) is 0.125. The molecule has 0 aliphatic rings. The molecule has 2 heterocycles. The number of rotatable bonds is 1. The molecule has 0 saturated carbocycles. The maximum absolute atomic E-state index is 7.74. The van der Waals surface area contributed by atoms with E-state index in [1.54, 1.807) is 0 Å². The Kier molecular flexibility index (Phi) is 1.08. The minimum absolute atomic E-state index is 0.0381. The van der Waals surface area contributed by atoms with E-state index in [0.29, 0.717) is 4.47 Å². The van der Waals surface area contributed by atoms with Crippen molar-refractivity contribution in [2.45, 2.75) is 6.85 Å². The number of aryl methyl sites for hydroxylation is 1. The first-order chi connectivity index (χ1) is 8.30. The normalized spacial score (nSPS) is 16.8. The monoisotopic (exact) mass is 243 g/mol. The number of nitrogens with zero attached hydrogens (tertiary/aromatic N) is 4. The van der Waals surface area contributed by atoms with Crippen molar-refractivity contribution in [1.29, 1.82) is 0 Å². The summed E-state index contributed by atoms with van der Waals surface area (Å²) in [7, 11) is 0. The summed E-state index contributed by atoms with van der Waals surface area (Å²) < 4.78 is 38.6. The van der Waals surface area contributed by atoms with E-state index in [4.69, 9.17) is 6.85 Å². The second-order valence-corrected chi connectivity index (χ2v) is 3.12.